The Morgan fingerprint density at radius 3 is 3.07 bits per heavy atom. The fraction of sp³-hybridized carbons (Fsp3) is 0.111. The molecular formula is C9H6BrNO2S. The third kappa shape index (κ3) is 1.53. The van der Waals surface area contributed by atoms with E-state index in [1.165, 1.54) is 7.11 Å². The molecule has 0 aliphatic rings. The van der Waals surface area contributed by atoms with Crippen LogP contribution in [0, 0.1) is 0 Å². The minimum Gasteiger partial charge on any atom is -0.464 e. The van der Waals surface area contributed by atoms with Gasteiger partial charge in [0.05, 0.1) is 21.8 Å². The molecule has 2 heterocycles. The Kier molecular flexibility index (Phi) is 2.52. The molecule has 0 aliphatic heterocycles. The summed E-state index contributed by atoms with van der Waals surface area (Å²) in [5.74, 6) is -0.412. The van der Waals surface area contributed by atoms with Crippen molar-refractivity contribution in [2.75, 3.05) is 7.11 Å². The average molecular weight is 272 g/mol. The van der Waals surface area contributed by atoms with Crippen molar-refractivity contribution < 1.29 is 9.53 Å². The molecule has 0 saturated carbocycles. The van der Waals surface area contributed by atoms with Crippen molar-refractivity contribution in [3.63, 3.8) is 0 Å². The first-order valence-electron chi connectivity index (χ1n) is 3.84. The van der Waals surface area contributed by atoms with Gasteiger partial charge in [-0.25, -0.2) is 9.78 Å². The number of hydrogen-bond donors (Lipinski definition) is 0. The molecule has 0 N–H and O–H groups in total. The molecule has 0 aliphatic carbocycles. The number of aromatic nitrogens is 1. The third-order valence-corrected chi connectivity index (χ3v) is 3.61. The monoisotopic (exact) mass is 271 g/mol. The molecule has 0 fully saturated rings. The maximum Gasteiger partial charge on any atom is 0.356 e. The number of pyridine rings is 1. The van der Waals surface area contributed by atoms with E-state index in [0.717, 1.165) is 14.7 Å². The summed E-state index contributed by atoms with van der Waals surface area (Å²) < 4.78 is 6.54. The second-order valence-electron chi connectivity index (χ2n) is 2.62. The number of carbonyl (C=O) groups excluding carboxylic acids is 1. The number of carbonyl (C=O) groups is 1. The molecule has 0 spiro atoms. The quantitative estimate of drug-likeness (QED) is 0.749. The van der Waals surface area contributed by atoms with Crippen LogP contribution in [0.3, 0.4) is 0 Å². The third-order valence-electron chi connectivity index (χ3n) is 1.77. The van der Waals surface area contributed by atoms with Crippen LogP contribution >= 0.6 is 27.3 Å². The van der Waals surface area contributed by atoms with Gasteiger partial charge < -0.3 is 4.74 Å². The molecule has 0 radical (unpaired) electrons. The van der Waals surface area contributed by atoms with Crippen LogP contribution in [-0.2, 0) is 4.74 Å². The second-order valence-corrected chi connectivity index (χ2v) is 4.38. The molecule has 0 amide bonds. The van der Waals surface area contributed by atoms with Crippen molar-refractivity contribution in [1.82, 2.24) is 4.98 Å². The minimum atomic E-state index is -0.412. The van der Waals surface area contributed by atoms with E-state index in [-0.39, 0.29) is 0 Å². The van der Waals surface area contributed by atoms with Crippen LogP contribution in [0.15, 0.2) is 22.0 Å². The molecule has 5 heteroatoms. The number of nitrogens with zero attached hydrogens (tertiary/aromatic N) is 1. The second kappa shape index (κ2) is 3.67. The molecule has 0 atom stereocenters. The van der Waals surface area contributed by atoms with E-state index >= 15 is 0 Å². The summed E-state index contributed by atoms with van der Waals surface area (Å²) in [6.07, 6.45) is 0. The molecule has 72 valence electrons. The van der Waals surface area contributed by atoms with Gasteiger partial charge in [-0.2, -0.15) is 0 Å². The van der Waals surface area contributed by atoms with E-state index < -0.39 is 5.97 Å². The molecule has 0 aromatic carbocycles. The van der Waals surface area contributed by atoms with Crippen molar-refractivity contribution in [2.45, 2.75) is 0 Å². The summed E-state index contributed by atoms with van der Waals surface area (Å²) in [7, 11) is 1.34. The van der Waals surface area contributed by atoms with Crippen LogP contribution in [0.2, 0.25) is 0 Å². The maximum absolute atomic E-state index is 11.2. The lowest BCUT2D eigenvalue weighted by Gasteiger charge is -1.97. The van der Waals surface area contributed by atoms with Gasteiger partial charge in [-0.15, -0.1) is 11.3 Å². The number of thiophene rings is 1. The Morgan fingerprint density at radius 2 is 2.36 bits per heavy atom. The Labute approximate surface area is 92.8 Å². The average Bonchev–Trinajstić information content (AvgIpc) is 2.59. The van der Waals surface area contributed by atoms with Crippen molar-refractivity contribution >= 4 is 43.5 Å². The summed E-state index contributed by atoms with van der Waals surface area (Å²) >= 11 is 4.95. The highest BCUT2D eigenvalue weighted by molar-refractivity contribution is 9.10. The summed E-state index contributed by atoms with van der Waals surface area (Å²) in [6.45, 7) is 0. The lowest BCUT2D eigenvalue weighted by atomic mass is 10.3. The van der Waals surface area contributed by atoms with Gasteiger partial charge in [0, 0.05) is 5.38 Å². The molecule has 2 rings (SSSR count). The lowest BCUT2D eigenvalue weighted by molar-refractivity contribution is 0.0594. The molecule has 2 aromatic rings. The summed E-state index contributed by atoms with van der Waals surface area (Å²) in [5.41, 5.74) is 1.14. The van der Waals surface area contributed by atoms with E-state index in [0.29, 0.717) is 5.69 Å². The Bertz CT molecular complexity index is 495. The SMILES string of the molecule is COC(=O)c1ccc2scc(Br)c2n1. The Morgan fingerprint density at radius 1 is 1.57 bits per heavy atom. The predicted octanol–water partition coefficient (Wildman–Crippen LogP) is 2.85. The summed E-state index contributed by atoms with van der Waals surface area (Å²) in [4.78, 5) is 15.4. The zero-order valence-electron chi connectivity index (χ0n) is 7.28. The van der Waals surface area contributed by atoms with Crippen molar-refractivity contribution in [2.24, 2.45) is 0 Å². The number of hydrogen-bond acceptors (Lipinski definition) is 4. The van der Waals surface area contributed by atoms with Gasteiger partial charge in [0.2, 0.25) is 0 Å². The molecule has 14 heavy (non-hydrogen) atoms. The molecule has 0 saturated heterocycles. The number of esters is 1. The van der Waals surface area contributed by atoms with E-state index in [9.17, 15) is 4.79 Å². The van der Waals surface area contributed by atoms with E-state index in [2.05, 4.69) is 25.7 Å². The Balaban J connectivity index is 2.60. The fourth-order valence-corrected chi connectivity index (χ4v) is 2.57. The smallest absolute Gasteiger partial charge is 0.356 e. The van der Waals surface area contributed by atoms with Gasteiger partial charge in [0.1, 0.15) is 5.69 Å². The molecular weight excluding hydrogens is 266 g/mol. The largest absolute Gasteiger partial charge is 0.464 e. The Hall–Kier alpha value is -0.940. The number of fused-ring (bicyclic) bond motifs is 1. The minimum absolute atomic E-state index is 0.333. The number of halogens is 1. The first kappa shape index (κ1) is 9.61. The van der Waals surface area contributed by atoms with Crippen LogP contribution in [-0.4, -0.2) is 18.1 Å². The van der Waals surface area contributed by atoms with Crippen LogP contribution in [0.5, 0.6) is 0 Å². The van der Waals surface area contributed by atoms with Gasteiger partial charge in [0.25, 0.3) is 0 Å². The van der Waals surface area contributed by atoms with Gasteiger partial charge in [0.15, 0.2) is 0 Å². The zero-order chi connectivity index (χ0) is 10.1. The van der Waals surface area contributed by atoms with Crippen molar-refractivity contribution in [3.8, 4) is 0 Å². The standard InChI is InChI=1S/C9H6BrNO2S/c1-13-9(12)6-2-3-7-8(11-6)5(10)4-14-7/h2-4H,1H3. The number of rotatable bonds is 1. The van der Waals surface area contributed by atoms with Gasteiger partial charge >= 0.3 is 5.97 Å². The lowest BCUT2D eigenvalue weighted by Crippen LogP contribution is -2.03. The summed E-state index contributed by atoms with van der Waals surface area (Å²) in [6, 6.07) is 3.53. The normalized spacial score (nSPS) is 10.4. The van der Waals surface area contributed by atoms with Crippen molar-refractivity contribution in [1.29, 1.82) is 0 Å². The molecule has 3 nitrogen and oxygen atoms in total. The first-order valence-corrected chi connectivity index (χ1v) is 5.51. The maximum atomic E-state index is 11.2. The molecule has 2 aromatic heterocycles. The van der Waals surface area contributed by atoms with E-state index in [1.807, 2.05) is 11.4 Å². The highest BCUT2D eigenvalue weighted by Crippen LogP contribution is 2.28. The predicted molar refractivity (Wildman–Crippen MR) is 58.7 cm³/mol. The summed E-state index contributed by atoms with van der Waals surface area (Å²) in [5, 5.41) is 1.94. The van der Waals surface area contributed by atoms with Crippen molar-refractivity contribution in [3.05, 3.63) is 27.7 Å². The van der Waals surface area contributed by atoms with E-state index in [4.69, 9.17) is 0 Å². The van der Waals surface area contributed by atoms with Gasteiger partial charge in [-0.1, -0.05) is 0 Å². The van der Waals surface area contributed by atoms with Crippen LogP contribution in [0.4, 0.5) is 0 Å². The highest BCUT2D eigenvalue weighted by Gasteiger charge is 2.10. The van der Waals surface area contributed by atoms with Crippen LogP contribution < -0.4 is 0 Å². The van der Waals surface area contributed by atoms with Gasteiger partial charge in [-0.05, 0) is 28.1 Å². The number of ether oxygens (including phenoxy) is 1. The zero-order valence-corrected chi connectivity index (χ0v) is 9.68. The highest BCUT2D eigenvalue weighted by atomic mass is 79.9. The first-order chi connectivity index (χ1) is 6.72. The van der Waals surface area contributed by atoms with Crippen LogP contribution in [0.1, 0.15) is 10.5 Å². The van der Waals surface area contributed by atoms with E-state index in [1.54, 1.807) is 17.4 Å². The number of methoxy groups -OCH3 is 1. The molecule has 0 bridgehead atoms. The van der Waals surface area contributed by atoms with Gasteiger partial charge in [-0.3, -0.25) is 0 Å². The van der Waals surface area contributed by atoms with Crippen LogP contribution in [0.25, 0.3) is 10.2 Å². The fourth-order valence-electron chi connectivity index (χ4n) is 1.10. The molecule has 0 unspecified atom stereocenters. The topological polar surface area (TPSA) is 39.2 Å².